The molecule has 4 rings (SSSR count). The molecule has 1 fully saturated rings. The number of hydrogen-bond acceptors (Lipinski definition) is 4. The molecule has 0 aliphatic carbocycles. The molecule has 2 amide bonds. The van der Waals surface area contributed by atoms with Gasteiger partial charge in [-0.1, -0.05) is 35.9 Å². The van der Waals surface area contributed by atoms with Gasteiger partial charge in [-0.3, -0.25) is 9.59 Å². The third-order valence-electron chi connectivity index (χ3n) is 4.83. The highest BCUT2D eigenvalue weighted by Crippen LogP contribution is 2.33. The standard InChI is InChI=1S/C23H21ClN2O3S/c24-18-6-1-4-15-5-2-8-20(22(15)18)30-14-21(27)25-16-9-11-17(12-10-16)26-23(28)19-7-3-13-29-19/h1-2,4-6,8-12,19H,3,7,13-14H2,(H,25,27)(H,26,28). The van der Waals surface area contributed by atoms with Crippen molar-refractivity contribution in [3.63, 3.8) is 0 Å². The van der Waals surface area contributed by atoms with E-state index in [1.54, 1.807) is 24.3 Å². The van der Waals surface area contributed by atoms with Crippen molar-refractivity contribution in [1.29, 1.82) is 0 Å². The van der Waals surface area contributed by atoms with E-state index in [1.807, 2.05) is 36.4 Å². The van der Waals surface area contributed by atoms with Gasteiger partial charge in [0.15, 0.2) is 0 Å². The lowest BCUT2D eigenvalue weighted by Crippen LogP contribution is -2.26. The fourth-order valence-corrected chi connectivity index (χ4v) is 4.61. The molecule has 7 heteroatoms. The molecular formula is C23H21ClN2O3S. The van der Waals surface area contributed by atoms with Crippen LogP contribution >= 0.6 is 23.4 Å². The molecule has 1 atom stereocenters. The number of benzene rings is 3. The molecule has 154 valence electrons. The molecule has 0 aromatic heterocycles. The first-order chi connectivity index (χ1) is 14.6. The van der Waals surface area contributed by atoms with E-state index in [0.717, 1.165) is 28.5 Å². The van der Waals surface area contributed by atoms with Crippen molar-refractivity contribution in [2.75, 3.05) is 23.0 Å². The highest BCUT2D eigenvalue weighted by atomic mass is 35.5. The first-order valence-corrected chi connectivity index (χ1v) is 11.1. The first-order valence-electron chi connectivity index (χ1n) is 9.72. The monoisotopic (exact) mass is 440 g/mol. The summed E-state index contributed by atoms with van der Waals surface area (Å²) >= 11 is 7.80. The number of ether oxygens (including phenoxy) is 1. The smallest absolute Gasteiger partial charge is 0.253 e. The van der Waals surface area contributed by atoms with Crippen molar-refractivity contribution in [2.45, 2.75) is 23.8 Å². The molecule has 3 aromatic carbocycles. The fraction of sp³-hybridized carbons (Fsp3) is 0.217. The van der Waals surface area contributed by atoms with Gasteiger partial charge in [0.1, 0.15) is 6.10 Å². The quantitative estimate of drug-likeness (QED) is 0.507. The molecule has 1 aliphatic rings. The van der Waals surface area contributed by atoms with Crippen LogP contribution in [0.2, 0.25) is 5.02 Å². The van der Waals surface area contributed by atoms with Crippen LogP contribution in [0.15, 0.2) is 65.6 Å². The molecule has 0 spiro atoms. The number of anilines is 2. The number of halogens is 1. The second-order valence-corrected chi connectivity index (χ2v) is 8.42. The molecule has 1 saturated heterocycles. The van der Waals surface area contributed by atoms with Gasteiger partial charge in [0.2, 0.25) is 5.91 Å². The minimum absolute atomic E-state index is 0.111. The van der Waals surface area contributed by atoms with Gasteiger partial charge in [0.25, 0.3) is 5.91 Å². The SMILES string of the molecule is O=C(CSc1cccc2cccc(Cl)c12)Nc1ccc(NC(=O)C2CCCO2)cc1. The predicted molar refractivity (Wildman–Crippen MR) is 122 cm³/mol. The molecule has 30 heavy (non-hydrogen) atoms. The molecule has 0 bridgehead atoms. The van der Waals surface area contributed by atoms with Crippen LogP contribution in [-0.4, -0.2) is 30.3 Å². The number of fused-ring (bicyclic) bond motifs is 1. The number of hydrogen-bond donors (Lipinski definition) is 2. The third-order valence-corrected chi connectivity index (χ3v) is 6.21. The van der Waals surface area contributed by atoms with Crippen molar-refractivity contribution in [3.05, 3.63) is 65.7 Å². The van der Waals surface area contributed by atoms with E-state index in [9.17, 15) is 9.59 Å². The van der Waals surface area contributed by atoms with Crippen LogP contribution in [0.25, 0.3) is 10.8 Å². The number of thioether (sulfide) groups is 1. The van der Waals surface area contributed by atoms with Crippen molar-refractivity contribution < 1.29 is 14.3 Å². The summed E-state index contributed by atoms with van der Waals surface area (Å²) in [5.41, 5.74) is 1.35. The van der Waals surface area contributed by atoms with Crippen LogP contribution in [0.5, 0.6) is 0 Å². The van der Waals surface area contributed by atoms with Crippen LogP contribution in [0.3, 0.4) is 0 Å². The molecule has 1 heterocycles. The number of rotatable bonds is 6. The molecule has 1 unspecified atom stereocenters. The van der Waals surface area contributed by atoms with E-state index in [-0.39, 0.29) is 23.7 Å². The van der Waals surface area contributed by atoms with E-state index < -0.39 is 0 Å². The van der Waals surface area contributed by atoms with E-state index >= 15 is 0 Å². The Morgan fingerprint density at radius 3 is 2.40 bits per heavy atom. The molecule has 3 aromatic rings. The minimum Gasteiger partial charge on any atom is -0.368 e. The number of carbonyl (C=O) groups excluding carboxylic acids is 2. The summed E-state index contributed by atoms with van der Waals surface area (Å²) in [4.78, 5) is 25.5. The zero-order valence-electron chi connectivity index (χ0n) is 16.2. The summed E-state index contributed by atoms with van der Waals surface area (Å²) in [5.74, 6) is 0.0246. The second-order valence-electron chi connectivity index (χ2n) is 7.00. The second kappa shape index (κ2) is 9.51. The zero-order chi connectivity index (χ0) is 20.9. The van der Waals surface area contributed by atoms with Gasteiger partial charge in [-0.2, -0.15) is 0 Å². The first kappa shape index (κ1) is 20.7. The van der Waals surface area contributed by atoms with Crippen molar-refractivity contribution in [2.24, 2.45) is 0 Å². The topological polar surface area (TPSA) is 67.4 Å². The Bertz CT molecular complexity index is 1060. The maximum absolute atomic E-state index is 12.4. The Kier molecular flexibility index (Phi) is 6.57. The molecule has 1 aliphatic heterocycles. The molecule has 2 N–H and O–H groups in total. The average Bonchev–Trinajstić information content (AvgIpc) is 3.29. The molecule has 0 saturated carbocycles. The van der Waals surface area contributed by atoms with Gasteiger partial charge in [-0.15, -0.1) is 11.8 Å². The maximum atomic E-state index is 12.4. The van der Waals surface area contributed by atoms with Crippen molar-refractivity contribution in [3.8, 4) is 0 Å². The number of amides is 2. The molecule has 0 radical (unpaired) electrons. The highest BCUT2D eigenvalue weighted by molar-refractivity contribution is 8.00. The summed E-state index contributed by atoms with van der Waals surface area (Å²) < 4.78 is 5.38. The van der Waals surface area contributed by atoms with Crippen molar-refractivity contribution >= 4 is 57.3 Å². The Labute approximate surface area is 184 Å². The predicted octanol–water partition coefficient (Wildman–Crippen LogP) is 5.34. The highest BCUT2D eigenvalue weighted by Gasteiger charge is 2.23. The largest absolute Gasteiger partial charge is 0.368 e. The van der Waals surface area contributed by atoms with E-state index in [0.29, 0.717) is 23.0 Å². The molecular weight excluding hydrogens is 420 g/mol. The van der Waals surface area contributed by atoms with Crippen LogP contribution in [0, 0.1) is 0 Å². The minimum atomic E-state index is -0.371. The number of carbonyl (C=O) groups is 2. The van der Waals surface area contributed by atoms with Gasteiger partial charge in [0.05, 0.1) is 5.75 Å². The van der Waals surface area contributed by atoms with E-state index in [1.165, 1.54) is 11.8 Å². The lowest BCUT2D eigenvalue weighted by atomic mass is 10.1. The number of nitrogens with one attached hydrogen (secondary N) is 2. The molecule has 5 nitrogen and oxygen atoms in total. The van der Waals surface area contributed by atoms with Gasteiger partial charge in [-0.25, -0.2) is 0 Å². The maximum Gasteiger partial charge on any atom is 0.253 e. The summed E-state index contributed by atoms with van der Waals surface area (Å²) in [6, 6.07) is 18.8. The van der Waals surface area contributed by atoms with Crippen LogP contribution < -0.4 is 10.6 Å². The van der Waals surface area contributed by atoms with Gasteiger partial charge in [-0.05, 0) is 54.6 Å². The summed E-state index contributed by atoms with van der Waals surface area (Å²) in [7, 11) is 0. The Hall–Kier alpha value is -2.54. The van der Waals surface area contributed by atoms with Crippen LogP contribution in [-0.2, 0) is 14.3 Å². The summed E-state index contributed by atoms with van der Waals surface area (Å²) in [6.45, 7) is 0.631. The lowest BCUT2D eigenvalue weighted by molar-refractivity contribution is -0.124. The normalized spacial score (nSPS) is 15.8. The van der Waals surface area contributed by atoms with Gasteiger partial charge in [0, 0.05) is 33.3 Å². The fourth-order valence-electron chi connectivity index (χ4n) is 3.37. The van der Waals surface area contributed by atoms with E-state index in [2.05, 4.69) is 10.6 Å². The zero-order valence-corrected chi connectivity index (χ0v) is 17.8. The van der Waals surface area contributed by atoms with Gasteiger partial charge < -0.3 is 15.4 Å². The Morgan fingerprint density at radius 1 is 1.00 bits per heavy atom. The van der Waals surface area contributed by atoms with Crippen LogP contribution in [0.4, 0.5) is 11.4 Å². The average molecular weight is 441 g/mol. The third kappa shape index (κ3) is 4.95. The summed E-state index contributed by atoms with van der Waals surface area (Å²) in [6.07, 6.45) is 1.29. The van der Waals surface area contributed by atoms with Crippen molar-refractivity contribution in [1.82, 2.24) is 0 Å². The Balaban J connectivity index is 1.33. The van der Waals surface area contributed by atoms with E-state index in [4.69, 9.17) is 16.3 Å². The van der Waals surface area contributed by atoms with Gasteiger partial charge >= 0.3 is 0 Å². The summed E-state index contributed by atoms with van der Waals surface area (Å²) in [5, 5.41) is 8.41. The lowest BCUT2D eigenvalue weighted by Gasteiger charge is -2.11. The Morgan fingerprint density at radius 2 is 1.70 bits per heavy atom. The van der Waals surface area contributed by atoms with Crippen LogP contribution in [0.1, 0.15) is 12.8 Å².